The first-order valence-corrected chi connectivity index (χ1v) is 9.89. The van der Waals surface area contributed by atoms with Crippen molar-refractivity contribution in [1.82, 2.24) is 19.2 Å². The molecule has 1 aliphatic heterocycles. The van der Waals surface area contributed by atoms with Gasteiger partial charge in [-0.1, -0.05) is 13.8 Å². The van der Waals surface area contributed by atoms with Gasteiger partial charge in [0, 0.05) is 30.4 Å². The smallest absolute Gasteiger partial charge is 0.291 e. The fraction of sp³-hybridized carbons (Fsp3) is 0.526. The van der Waals surface area contributed by atoms with Crippen LogP contribution in [-0.2, 0) is 18.4 Å². The van der Waals surface area contributed by atoms with E-state index in [0.717, 1.165) is 35.1 Å². The molecule has 0 N–H and O–H groups in total. The van der Waals surface area contributed by atoms with Crippen molar-refractivity contribution in [3.05, 3.63) is 27.5 Å². The summed E-state index contributed by atoms with van der Waals surface area (Å²) < 4.78 is 4.32. The van der Waals surface area contributed by atoms with Gasteiger partial charge in [-0.2, -0.15) is 5.10 Å². The molecule has 1 amide bonds. The van der Waals surface area contributed by atoms with Crippen molar-refractivity contribution in [2.75, 3.05) is 13.1 Å². The Hall–Kier alpha value is -2.15. The monoisotopic (exact) mass is 372 g/mol. The van der Waals surface area contributed by atoms with Crippen LogP contribution < -0.4 is 5.56 Å². The normalized spacial score (nSPS) is 21.0. The van der Waals surface area contributed by atoms with Gasteiger partial charge in [-0.15, -0.1) is 11.3 Å². The van der Waals surface area contributed by atoms with E-state index in [1.54, 1.807) is 17.5 Å². The second-order valence-electron chi connectivity index (χ2n) is 7.74. The maximum absolute atomic E-state index is 13.0. The van der Waals surface area contributed by atoms with Gasteiger partial charge >= 0.3 is 0 Å². The number of aryl methyl sites for hydroxylation is 2. The van der Waals surface area contributed by atoms with Crippen LogP contribution in [-0.4, -0.2) is 38.2 Å². The number of piperidine rings is 1. The first-order chi connectivity index (χ1) is 12.3. The van der Waals surface area contributed by atoms with Crippen molar-refractivity contribution in [3.8, 4) is 0 Å². The summed E-state index contributed by atoms with van der Waals surface area (Å²) >= 11 is 1.67. The summed E-state index contributed by atoms with van der Waals surface area (Å²) in [6, 6.07) is 2.09. The molecule has 0 aromatic carbocycles. The minimum absolute atomic E-state index is 0.00602. The number of likely N-dealkylation sites (tertiary alicyclic amines) is 1. The van der Waals surface area contributed by atoms with E-state index >= 15 is 0 Å². The Morgan fingerprint density at radius 2 is 2.00 bits per heavy atom. The highest BCUT2D eigenvalue weighted by Gasteiger charge is 2.26. The Bertz CT molecular complexity index is 1050. The Labute approximate surface area is 156 Å². The quantitative estimate of drug-likeness (QED) is 0.695. The number of carbonyl (C=O) groups is 1. The highest BCUT2D eigenvalue weighted by molar-refractivity contribution is 7.20. The molecule has 3 aromatic rings. The van der Waals surface area contributed by atoms with E-state index in [9.17, 15) is 9.59 Å². The number of thiophene rings is 1. The molecule has 0 bridgehead atoms. The highest BCUT2D eigenvalue weighted by atomic mass is 32.1. The number of hydrogen-bond acceptors (Lipinski definition) is 4. The van der Waals surface area contributed by atoms with Gasteiger partial charge in [0.1, 0.15) is 12.1 Å². The van der Waals surface area contributed by atoms with Gasteiger partial charge in [-0.3, -0.25) is 9.59 Å². The van der Waals surface area contributed by atoms with Crippen LogP contribution in [0.1, 0.15) is 25.1 Å². The van der Waals surface area contributed by atoms with Crippen LogP contribution in [0.4, 0.5) is 0 Å². The van der Waals surface area contributed by atoms with Crippen LogP contribution >= 0.6 is 11.3 Å². The topological polar surface area (TPSA) is 60.1 Å². The van der Waals surface area contributed by atoms with Crippen LogP contribution in [0.2, 0.25) is 0 Å². The Balaban J connectivity index is 1.69. The fourth-order valence-corrected chi connectivity index (χ4v) is 5.29. The van der Waals surface area contributed by atoms with E-state index in [1.165, 1.54) is 9.56 Å². The van der Waals surface area contributed by atoms with Gasteiger partial charge in [-0.05, 0) is 31.2 Å². The molecule has 138 valence electrons. The average Bonchev–Trinajstić information content (AvgIpc) is 3.07. The molecule has 6 nitrogen and oxygen atoms in total. The highest BCUT2D eigenvalue weighted by Crippen LogP contribution is 2.32. The molecular weight excluding hydrogens is 348 g/mol. The van der Waals surface area contributed by atoms with Gasteiger partial charge in [0.15, 0.2) is 0 Å². The molecule has 0 aliphatic carbocycles. The van der Waals surface area contributed by atoms with Crippen LogP contribution in [0, 0.1) is 18.8 Å². The molecule has 0 saturated carbocycles. The lowest BCUT2D eigenvalue weighted by molar-refractivity contribution is -0.134. The van der Waals surface area contributed by atoms with Crippen molar-refractivity contribution in [3.63, 3.8) is 0 Å². The zero-order valence-electron chi connectivity index (χ0n) is 15.7. The lowest BCUT2D eigenvalue weighted by Gasteiger charge is -2.35. The summed E-state index contributed by atoms with van der Waals surface area (Å²) in [4.78, 5) is 28.8. The van der Waals surface area contributed by atoms with E-state index in [0.29, 0.717) is 17.4 Å². The molecule has 4 rings (SSSR count). The molecule has 7 heteroatoms. The molecule has 3 aromatic heterocycles. The molecule has 4 heterocycles. The Morgan fingerprint density at radius 3 is 2.69 bits per heavy atom. The fourth-order valence-electron chi connectivity index (χ4n) is 4.24. The van der Waals surface area contributed by atoms with Crippen molar-refractivity contribution >= 4 is 38.4 Å². The van der Waals surface area contributed by atoms with Crippen LogP contribution in [0.15, 0.2) is 17.1 Å². The maximum Gasteiger partial charge on any atom is 0.291 e. The third-order valence-electron chi connectivity index (χ3n) is 5.30. The molecule has 0 spiro atoms. The predicted molar refractivity (Wildman–Crippen MR) is 105 cm³/mol. The van der Waals surface area contributed by atoms with Crippen molar-refractivity contribution in [2.24, 2.45) is 18.9 Å². The van der Waals surface area contributed by atoms with E-state index in [-0.39, 0.29) is 18.0 Å². The molecular formula is C19H24N4O2S. The van der Waals surface area contributed by atoms with Gasteiger partial charge in [0.2, 0.25) is 5.91 Å². The Kier molecular flexibility index (Phi) is 4.14. The molecule has 0 unspecified atom stereocenters. The van der Waals surface area contributed by atoms with E-state index in [1.807, 2.05) is 16.5 Å². The first-order valence-electron chi connectivity index (χ1n) is 9.07. The maximum atomic E-state index is 13.0. The van der Waals surface area contributed by atoms with Crippen LogP contribution in [0.5, 0.6) is 0 Å². The van der Waals surface area contributed by atoms with Crippen LogP contribution in [0.25, 0.3) is 21.1 Å². The minimum atomic E-state index is -0.197. The molecule has 1 fully saturated rings. The van der Waals surface area contributed by atoms with Crippen molar-refractivity contribution in [2.45, 2.75) is 33.7 Å². The summed E-state index contributed by atoms with van der Waals surface area (Å²) in [5.74, 6) is 0.972. The first kappa shape index (κ1) is 17.3. The molecule has 2 atom stereocenters. The second-order valence-corrected chi connectivity index (χ2v) is 9.00. The molecule has 0 radical (unpaired) electrons. The average molecular weight is 372 g/mol. The van der Waals surface area contributed by atoms with Gasteiger partial charge in [-0.25, -0.2) is 4.68 Å². The lowest BCUT2D eigenvalue weighted by Crippen LogP contribution is -2.45. The number of fused-ring (bicyclic) bond motifs is 3. The van der Waals surface area contributed by atoms with Crippen LogP contribution in [0.3, 0.4) is 0 Å². The van der Waals surface area contributed by atoms with E-state index in [4.69, 9.17) is 0 Å². The second kappa shape index (κ2) is 6.23. The summed E-state index contributed by atoms with van der Waals surface area (Å²) in [5, 5.41) is 5.17. The number of carbonyl (C=O) groups excluding carboxylic acids is 1. The molecule has 1 aliphatic rings. The van der Waals surface area contributed by atoms with Crippen molar-refractivity contribution < 1.29 is 4.79 Å². The predicted octanol–water partition coefficient (Wildman–Crippen LogP) is 2.76. The number of aromatic nitrogens is 3. The SMILES string of the molecule is Cc1cc2c(s1)c1cnn(CC(=O)N3C[C@H](C)C[C@@H](C)C3)c(=O)c1n2C. The van der Waals surface area contributed by atoms with Gasteiger partial charge in [0.05, 0.1) is 16.4 Å². The third-order valence-corrected chi connectivity index (χ3v) is 6.38. The zero-order valence-corrected chi connectivity index (χ0v) is 16.5. The minimum Gasteiger partial charge on any atom is -0.341 e. The van der Waals surface area contributed by atoms with E-state index in [2.05, 4.69) is 31.9 Å². The summed E-state index contributed by atoms with van der Waals surface area (Å²) in [7, 11) is 1.90. The lowest BCUT2D eigenvalue weighted by atomic mass is 9.92. The summed E-state index contributed by atoms with van der Waals surface area (Å²) in [5.41, 5.74) is 1.47. The molecule has 26 heavy (non-hydrogen) atoms. The molecule has 1 saturated heterocycles. The Morgan fingerprint density at radius 1 is 1.31 bits per heavy atom. The zero-order chi connectivity index (χ0) is 18.6. The number of rotatable bonds is 2. The third kappa shape index (κ3) is 2.74. The largest absolute Gasteiger partial charge is 0.341 e. The summed E-state index contributed by atoms with van der Waals surface area (Å²) in [6.45, 7) is 7.94. The number of hydrogen-bond donors (Lipinski definition) is 0. The van der Waals surface area contributed by atoms with Gasteiger partial charge < -0.3 is 9.47 Å². The summed E-state index contributed by atoms with van der Waals surface area (Å²) in [6.07, 6.45) is 2.87. The standard InChI is InChI=1S/C19H24N4O2S/c1-11-5-12(2)9-22(8-11)16(24)10-23-19(25)17-14(7-20-23)18-15(21(17)4)6-13(3)26-18/h6-7,11-12H,5,8-10H2,1-4H3/t11-,12-/m1/s1. The number of nitrogens with zero attached hydrogens (tertiary/aromatic N) is 4. The van der Waals surface area contributed by atoms with Crippen molar-refractivity contribution in [1.29, 1.82) is 0 Å². The van der Waals surface area contributed by atoms with E-state index < -0.39 is 0 Å². The van der Waals surface area contributed by atoms with Gasteiger partial charge in [0.25, 0.3) is 5.56 Å². The number of amides is 1.